The molecule has 2 nitrogen and oxygen atoms in total. The molecule has 0 saturated heterocycles. The molecule has 0 spiro atoms. The number of ether oxygens (including phenoxy) is 1. The van der Waals surface area contributed by atoms with Crippen molar-refractivity contribution >= 4 is 0 Å². The normalized spacial score (nSPS) is 12.7. The van der Waals surface area contributed by atoms with E-state index in [9.17, 15) is 22.0 Å². The van der Waals surface area contributed by atoms with Gasteiger partial charge in [-0.1, -0.05) is 31.2 Å². The molecule has 1 N–H and O–H groups in total. The molecule has 1 rings (SSSR count). The molecular formula is C14H18F5NO. The molecule has 0 aliphatic rings. The van der Waals surface area contributed by atoms with E-state index in [1.54, 1.807) is 24.3 Å². The molecule has 0 radical (unpaired) electrons. The topological polar surface area (TPSA) is 21.3 Å². The SMILES string of the molecule is CCNCCc1ccccc1COCC(F)(F)C(F)(F)F. The fraction of sp³-hybridized carbons (Fsp3) is 0.571. The van der Waals surface area contributed by atoms with Gasteiger partial charge in [0.2, 0.25) is 0 Å². The lowest BCUT2D eigenvalue weighted by Gasteiger charge is -2.19. The second-order valence-electron chi connectivity index (χ2n) is 4.57. The first-order chi connectivity index (χ1) is 9.78. The van der Waals surface area contributed by atoms with Gasteiger partial charge in [-0.05, 0) is 30.6 Å². The lowest BCUT2D eigenvalue weighted by Crippen LogP contribution is -2.40. The molecule has 0 heterocycles. The van der Waals surface area contributed by atoms with Crippen molar-refractivity contribution < 1.29 is 26.7 Å². The Kier molecular flexibility index (Phi) is 6.54. The zero-order valence-electron chi connectivity index (χ0n) is 11.6. The molecule has 0 atom stereocenters. The Morgan fingerprint density at radius 2 is 1.67 bits per heavy atom. The molecule has 21 heavy (non-hydrogen) atoms. The minimum atomic E-state index is -5.59. The fourth-order valence-corrected chi connectivity index (χ4v) is 1.71. The average Bonchev–Trinajstić information content (AvgIpc) is 2.39. The number of hydrogen-bond donors (Lipinski definition) is 1. The van der Waals surface area contributed by atoms with Crippen LogP contribution in [-0.4, -0.2) is 31.8 Å². The summed E-state index contributed by atoms with van der Waals surface area (Å²) < 4.78 is 66.0. The molecule has 0 aliphatic carbocycles. The maximum absolute atomic E-state index is 12.7. The van der Waals surface area contributed by atoms with Crippen molar-refractivity contribution in [3.8, 4) is 0 Å². The van der Waals surface area contributed by atoms with Gasteiger partial charge in [0, 0.05) is 0 Å². The summed E-state index contributed by atoms with van der Waals surface area (Å²) in [5.41, 5.74) is 1.49. The molecule has 0 aliphatic heterocycles. The van der Waals surface area contributed by atoms with Crippen molar-refractivity contribution in [1.82, 2.24) is 5.32 Å². The molecule has 0 saturated carbocycles. The zero-order chi connectivity index (χ0) is 15.9. The van der Waals surface area contributed by atoms with Crippen LogP contribution in [-0.2, 0) is 17.8 Å². The molecule has 0 aromatic heterocycles. The van der Waals surface area contributed by atoms with Crippen LogP contribution in [0, 0.1) is 0 Å². The summed E-state index contributed by atoms with van der Waals surface area (Å²) in [5, 5.41) is 3.11. The summed E-state index contributed by atoms with van der Waals surface area (Å²) in [6.07, 6.45) is -4.93. The van der Waals surface area contributed by atoms with Gasteiger partial charge in [-0.2, -0.15) is 22.0 Å². The first kappa shape index (κ1) is 17.8. The Morgan fingerprint density at radius 3 is 2.24 bits per heavy atom. The van der Waals surface area contributed by atoms with E-state index in [0.29, 0.717) is 18.5 Å². The monoisotopic (exact) mass is 311 g/mol. The van der Waals surface area contributed by atoms with E-state index >= 15 is 0 Å². The standard InChI is InChI=1S/C14H18F5NO/c1-2-20-8-7-11-5-3-4-6-12(11)9-21-10-13(15,16)14(17,18)19/h3-6,20H,2,7-10H2,1H3. The Hall–Kier alpha value is -1.21. The summed E-state index contributed by atoms with van der Waals surface area (Å²) in [5.74, 6) is -4.83. The van der Waals surface area contributed by atoms with Crippen molar-refractivity contribution in [3.05, 3.63) is 35.4 Å². The van der Waals surface area contributed by atoms with Crippen LogP contribution in [0.1, 0.15) is 18.1 Å². The summed E-state index contributed by atoms with van der Waals surface area (Å²) >= 11 is 0. The van der Waals surface area contributed by atoms with E-state index in [1.165, 1.54) is 0 Å². The van der Waals surface area contributed by atoms with Gasteiger partial charge in [0.25, 0.3) is 0 Å². The Balaban J connectivity index is 2.55. The molecule has 0 bridgehead atoms. The van der Waals surface area contributed by atoms with Crippen LogP contribution in [0.4, 0.5) is 22.0 Å². The van der Waals surface area contributed by atoms with Crippen molar-refractivity contribution in [2.45, 2.75) is 32.1 Å². The highest BCUT2D eigenvalue weighted by molar-refractivity contribution is 5.26. The van der Waals surface area contributed by atoms with Crippen LogP contribution in [0.15, 0.2) is 24.3 Å². The molecule has 7 heteroatoms. The van der Waals surface area contributed by atoms with Gasteiger partial charge in [0.05, 0.1) is 6.61 Å². The van der Waals surface area contributed by atoms with E-state index in [2.05, 4.69) is 10.1 Å². The summed E-state index contributed by atoms with van der Waals surface area (Å²) in [6, 6.07) is 6.94. The summed E-state index contributed by atoms with van der Waals surface area (Å²) in [6.45, 7) is 1.52. The lowest BCUT2D eigenvalue weighted by atomic mass is 10.1. The molecule has 0 unspecified atom stereocenters. The first-order valence-corrected chi connectivity index (χ1v) is 6.57. The first-order valence-electron chi connectivity index (χ1n) is 6.57. The van der Waals surface area contributed by atoms with E-state index in [0.717, 1.165) is 12.1 Å². The highest BCUT2D eigenvalue weighted by Crippen LogP contribution is 2.35. The van der Waals surface area contributed by atoms with Crippen LogP contribution in [0.3, 0.4) is 0 Å². The number of likely N-dealkylation sites (N-methyl/N-ethyl adjacent to an activating group) is 1. The second-order valence-corrected chi connectivity index (χ2v) is 4.57. The quantitative estimate of drug-likeness (QED) is 0.585. The molecule has 1 aromatic carbocycles. The van der Waals surface area contributed by atoms with Gasteiger partial charge in [0.15, 0.2) is 0 Å². The van der Waals surface area contributed by atoms with Gasteiger partial charge in [-0.25, -0.2) is 0 Å². The Bertz CT molecular complexity index is 434. The van der Waals surface area contributed by atoms with E-state index < -0.39 is 18.7 Å². The molecule has 0 amide bonds. The zero-order valence-corrected chi connectivity index (χ0v) is 11.6. The van der Waals surface area contributed by atoms with Crippen molar-refractivity contribution in [2.75, 3.05) is 19.7 Å². The maximum atomic E-state index is 12.7. The smallest absolute Gasteiger partial charge is 0.370 e. The van der Waals surface area contributed by atoms with Crippen molar-refractivity contribution in [1.29, 1.82) is 0 Å². The predicted octanol–water partition coefficient (Wildman–Crippen LogP) is 3.55. The van der Waals surface area contributed by atoms with Crippen LogP contribution in [0.2, 0.25) is 0 Å². The van der Waals surface area contributed by atoms with Crippen LogP contribution < -0.4 is 5.32 Å². The third kappa shape index (κ3) is 5.59. The fourth-order valence-electron chi connectivity index (χ4n) is 1.71. The summed E-state index contributed by atoms with van der Waals surface area (Å²) in [4.78, 5) is 0. The van der Waals surface area contributed by atoms with Crippen LogP contribution in [0.5, 0.6) is 0 Å². The highest BCUT2D eigenvalue weighted by atomic mass is 19.4. The van der Waals surface area contributed by atoms with E-state index in [4.69, 9.17) is 0 Å². The van der Waals surface area contributed by atoms with Crippen molar-refractivity contribution in [3.63, 3.8) is 0 Å². The van der Waals surface area contributed by atoms with Gasteiger partial charge in [0.1, 0.15) is 6.61 Å². The van der Waals surface area contributed by atoms with E-state index in [-0.39, 0.29) is 6.61 Å². The lowest BCUT2D eigenvalue weighted by molar-refractivity contribution is -0.297. The van der Waals surface area contributed by atoms with Gasteiger partial charge >= 0.3 is 12.1 Å². The maximum Gasteiger partial charge on any atom is 0.455 e. The predicted molar refractivity (Wildman–Crippen MR) is 69.3 cm³/mol. The number of alkyl halides is 5. The Labute approximate surface area is 120 Å². The molecule has 1 aromatic rings. The van der Waals surface area contributed by atoms with Gasteiger partial charge < -0.3 is 10.1 Å². The third-order valence-electron chi connectivity index (χ3n) is 2.90. The van der Waals surface area contributed by atoms with Gasteiger partial charge in [-0.15, -0.1) is 0 Å². The van der Waals surface area contributed by atoms with E-state index in [1.807, 2.05) is 6.92 Å². The average molecular weight is 311 g/mol. The second kappa shape index (κ2) is 7.70. The largest absolute Gasteiger partial charge is 0.455 e. The molecular weight excluding hydrogens is 293 g/mol. The number of halogens is 5. The number of benzene rings is 1. The summed E-state index contributed by atoms with van der Waals surface area (Å²) in [7, 11) is 0. The minimum Gasteiger partial charge on any atom is -0.370 e. The Morgan fingerprint density at radius 1 is 1.05 bits per heavy atom. The van der Waals surface area contributed by atoms with Crippen LogP contribution >= 0.6 is 0 Å². The number of nitrogens with one attached hydrogen (secondary N) is 1. The van der Waals surface area contributed by atoms with Gasteiger partial charge in [-0.3, -0.25) is 0 Å². The number of hydrogen-bond acceptors (Lipinski definition) is 2. The van der Waals surface area contributed by atoms with Crippen molar-refractivity contribution in [2.24, 2.45) is 0 Å². The third-order valence-corrected chi connectivity index (χ3v) is 2.90. The minimum absolute atomic E-state index is 0.270. The number of rotatable bonds is 8. The van der Waals surface area contributed by atoms with Crippen LogP contribution in [0.25, 0.3) is 0 Å². The molecule has 120 valence electrons. The molecule has 0 fully saturated rings. The highest BCUT2D eigenvalue weighted by Gasteiger charge is 2.57.